The van der Waals surface area contributed by atoms with E-state index in [0.29, 0.717) is 31.3 Å². The van der Waals surface area contributed by atoms with E-state index in [2.05, 4.69) is 15.3 Å². The van der Waals surface area contributed by atoms with Crippen LogP contribution in [-0.4, -0.2) is 72.4 Å². The number of amides is 1. The molecule has 27 heavy (non-hydrogen) atoms. The second-order valence-electron chi connectivity index (χ2n) is 6.78. The SMILES string of the molecule is O=C(CN1CCN(c2ncccn2)[C@@H]2CS(=O)(=O)C[C@@H]21)NCc1ccco1. The Morgan fingerprint density at radius 2 is 1.96 bits per heavy atom. The molecule has 2 aromatic heterocycles. The number of fused-ring (bicyclic) bond motifs is 1. The molecule has 0 unspecified atom stereocenters. The molecule has 0 aliphatic carbocycles. The van der Waals surface area contributed by atoms with Crippen molar-refractivity contribution in [1.82, 2.24) is 20.2 Å². The highest BCUT2D eigenvalue weighted by atomic mass is 32.2. The van der Waals surface area contributed by atoms with E-state index < -0.39 is 9.84 Å². The predicted octanol–water partition coefficient (Wildman–Crippen LogP) is -0.326. The van der Waals surface area contributed by atoms with Gasteiger partial charge in [0.2, 0.25) is 11.9 Å². The predicted molar refractivity (Wildman–Crippen MR) is 97.7 cm³/mol. The summed E-state index contributed by atoms with van der Waals surface area (Å²) in [6, 6.07) is 4.79. The fraction of sp³-hybridized carbons (Fsp3) is 0.471. The van der Waals surface area contributed by atoms with Crippen molar-refractivity contribution < 1.29 is 17.6 Å². The molecule has 2 aliphatic rings. The molecule has 0 saturated carbocycles. The van der Waals surface area contributed by atoms with E-state index in [4.69, 9.17) is 4.42 Å². The second kappa shape index (κ2) is 7.28. The van der Waals surface area contributed by atoms with E-state index in [1.165, 1.54) is 0 Å². The standard InChI is InChI=1S/C17H21N5O4S/c23-16(20-9-13-3-1-8-26-13)10-21-6-7-22(17-18-4-2-5-19-17)15-12-27(24,25)11-14(15)21/h1-5,8,14-15H,6-7,9-12H2,(H,20,23)/t14-,15+/m0/s1. The van der Waals surface area contributed by atoms with Crippen LogP contribution < -0.4 is 10.2 Å². The lowest BCUT2D eigenvalue weighted by Crippen LogP contribution is -2.61. The van der Waals surface area contributed by atoms with Gasteiger partial charge in [0.15, 0.2) is 9.84 Å². The molecule has 0 radical (unpaired) electrons. The lowest BCUT2D eigenvalue weighted by atomic mass is 10.1. The third kappa shape index (κ3) is 3.96. The van der Waals surface area contributed by atoms with Gasteiger partial charge < -0.3 is 14.6 Å². The van der Waals surface area contributed by atoms with Gasteiger partial charge in [-0.3, -0.25) is 9.69 Å². The molecule has 0 bridgehead atoms. The lowest BCUT2D eigenvalue weighted by molar-refractivity contribution is -0.123. The minimum absolute atomic E-state index is 0.0481. The maximum absolute atomic E-state index is 12.3. The Labute approximate surface area is 157 Å². The molecule has 0 aromatic carbocycles. The van der Waals surface area contributed by atoms with Crippen LogP contribution in [0, 0.1) is 0 Å². The van der Waals surface area contributed by atoms with E-state index in [1.54, 1.807) is 36.9 Å². The molecule has 4 rings (SSSR count). The topological polar surface area (TPSA) is 109 Å². The Kier molecular flexibility index (Phi) is 4.83. The number of sulfone groups is 1. The summed E-state index contributed by atoms with van der Waals surface area (Å²) in [4.78, 5) is 24.8. The van der Waals surface area contributed by atoms with Crippen molar-refractivity contribution in [3.05, 3.63) is 42.6 Å². The zero-order valence-corrected chi connectivity index (χ0v) is 15.5. The van der Waals surface area contributed by atoms with Crippen LogP contribution in [-0.2, 0) is 21.2 Å². The van der Waals surface area contributed by atoms with Gasteiger partial charge in [0, 0.05) is 31.5 Å². The molecule has 10 heteroatoms. The summed E-state index contributed by atoms with van der Waals surface area (Å²) in [6.45, 7) is 1.62. The van der Waals surface area contributed by atoms with E-state index in [9.17, 15) is 13.2 Å². The molecule has 2 fully saturated rings. The molecule has 1 amide bonds. The smallest absolute Gasteiger partial charge is 0.234 e. The lowest BCUT2D eigenvalue weighted by Gasteiger charge is -2.43. The van der Waals surface area contributed by atoms with Crippen LogP contribution in [0.3, 0.4) is 0 Å². The average Bonchev–Trinajstić information content (AvgIpc) is 3.27. The van der Waals surface area contributed by atoms with Crippen molar-refractivity contribution in [3.63, 3.8) is 0 Å². The first-order valence-electron chi connectivity index (χ1n) is 8.79. The third-order valence-electron chi connectivity index (χ3n) is 4.99. The summed E-state index contributed by atoms with van der Waals surface area (Å²) in [6.07, 6.45) is 4.85. The summed E-state index contributed by atoms with van der Waals surface area (Å²) in [5, 5.41) is 2.81. The number of carbonyl (C=O) groups excluding carboxylic acids is 1. The molecule has 0 spiro atoms. The van der Waals surface area contributed by atoms with Gasteiger partial charge in [0.25, 0.3) is 0 Å². The fourth-order valence-corrected chi connectivity index (χ4v) is 5.76. The van der Waals surface area contributed by atoms with Crippen LogP contribution in [0.5, 0.6) is 0 Å². The Morgan fingerprint density at radius 1 is 1.19 bits per heavy atom. The van der Waals surface area contributed by atoms with Crippen molar-refractivity contribution >= 4 is 21.7 Å². The van der Waals surface area contributed by atoms with E-state index in [0.717, 1.165) is 0 Å². The van der Waals surface area contributed by atoms with Crippen molar-refractivity contribution in [2.75, 3.05) is 36.0 Å². The fourth-order valence-electron chi connectivity index (χ4n) is 3.75. The number of nitrogens with zero attached hydrogens (tertiary/aromatic N) is 4. The molecule has 1 N–H and O–H groups in total. The highest BCUT2D eigenvalue weighted by Crippen LogP contribution is 2.28. The molecule has 2 atom stereocenters. The van der Waals surface area contributed by atoms with Crippen molar-refractivity contribution in [3.8, 4) is 0 Å². The van der Waals surface area contributed by atoms with Gasteiger partial charge >= 0.3 is 0 Å². The Hall–Kier alpha value is -2.46. The Morgan fingerprint density at radius 3 is 2.70 bits per heavy atom. The molecule has 2 aromatic rings. The minimum Gasteiger partial charge on any atom is -0.467 e. The number of rotatable bonds is 5. The minimum atomic E-state index is -3.17. The normalized spacial score (nSPS) is 24.5. The summed E-state index contributed by atoms with van der Waals surface area (Å²) in [5.74, 6) is 1.16. The number of carbonyl (C=O) groups is 1. The first kappa shape index (κ1) is 17.9. The van der Waals surface area contributed by atoms with E-state index in [-0.39, 0.29) is 36.0 Å². The van der Waals surface area contributed by atoms with E-state index >= 15 is 0 Å². The van der Waals surface area contributed by atoms with Crippen LogP contribution in [0.15, 0.2) is 41.3 Å². The first-order valence-corrected chi connectivity index (χ1v) is 10.6. The van der Waals surface area contributed by atoms with Gasteiger partial charge in [0.1, 0.15) is 5.76 Å². The number of hydrogen-bond acceptors (Lipinski definition) is 8. The highest BCUT2D eigenvalue weighted by Gasteiger charge is 2.47. The van der Waals surface area contributed by atoms with Gasteiger partial charge in [-0.1, -0.05) is 0 Å². The first-order chi connectivity index (χ1) is 13.0. The van der Waals surface area contributed by atoms with Gasteiger partial charge in [-0.05, 0) is 18.2 Å². The van der Waals surface area contributed by atoms with Crippen LogP contribution in [0.1, 0.15) is 5.76 Å². The van der Waals surface area contributed by atoms with Crippen molar-refractivity contribution in [2.45, 2.75) is 18.6 Å². The maximum atomic E-state index is 12.3. The molecule has 2 aliphatic heterocycles. The van der Waals surface area contributed by atoms with Crippen molar-refractivity contribution in [2.24, 2.45) is 0 Å². The second-order valence-corrected chi connectivity index (χ2v) is 8.93. The summed E-state index contributed by atoms with van der Waals surface area (Å²) in [5.41, 5.74) is 0. The number of anilines is 1. The molecular formula is C17H21N5O4S. The van der Waals surface area contributed by atoms with Gasteiger partial charge in [-0.25, -0.2) is 18.4 Å². The third-order valence-corrected chi connectivity index (χ3v) is 6.69. The van der Waals surface area contributed by atoms with Gasteiger partial charge in [-0.2, -0.15) is 0 Å². The van der Waals surface area contributed by atoms with Gasteiger partial charge in [-0.15, -0.1) is 0 Å². The quantitative estimate of drug-likeness (QED) is 0.738. The summed E-state index contributed by atoms with van der Waals surface area (Å²) in [7, 11) is -3.17. The Bertz CT molecular complexity index is 887. The monoisotopic (exact) mass is 391 g/mol. The Balaban J connectivity index is 1.45. The molecule has 144 valence electrons. The molecule has 2 saturated heterocycles. The summed E-state index contributed by atoms with van der Waals surface area (Å²) >= 11 is 0. The number of nitrogens with one attached hydrogen (secondary N) is 1. The van der Waals surface area contributed by atoms with Crippen LogP contribution in [0.4, 0.5) is 5.95 Å². The van der Waals surface area contributed by atoms with Crippen LogP contribution in [0.2, 0.25) is 0 Å². The van der Waals surface area contributed by atoms with Crippen molar-refractivity contribution in [1.29, 1.82) is 0 Å². The zero-order valence-electron chi connectivity index (χ0n) is 14.7. The van der Waals surface area contributed by atoms with E-state index in [1.807, 2.05) is 9.80 Å². The molecule has 9 nitrogen and oxygen atoms in total. The van der Waals surface area contributed by atoms with Crippen LogP contribution >= 0.6 is 0 Å². The van der Waals surface area contributed by atoms with Crippen LogP contribution in [0.25, 0.3) is 0 Å². The number of hydrogen-bond donors (Lipinski definition) is 1. The number of furan rings is 1. The molecular weight excluding hydrogens is 370 g/mol. The molecule has 4 heterocycles. The summed E-state index contributed by atoms with van der Waals surface area (Å²) < 4.78 is 29.8. The average molecular weight is 391 g/mol. The van der Waals surface area contributed by atoms with Gasteiger partial charge in [0.05, 0.1) is 36.9 Å². The largest absolute Gasteiger partial charge is 0.467 e. The number of aromatic nitrogens is 2. The number of piperazine rings is 1. The highest BCUT2D eigenvalue weighted by molar-refractivity contribution is 7.91. The zero-order chi connectivity index (χ0) is 18.9. The maximum Gasteiger partial charge on any atom is 0.234 e.